The van der Waals surface area contributed by atoms with Gasteiger partial charge in [0, 0.05) is 0 Å². The highest BCUT2D eigenvalue weighted by Gasteiger charge is 2.13. The van der Waals surface area contributed by atoms with E-state index in [4.69, 9.17) is 23.7 Å². The Morgan fingerprint density at radius 1 is 0.780 bits per heavy atom. The molecule has 0 aromatic heterocycles. The van der Waals surface area contributed by atoms with E-state index in [9.17, 15) is 9.59 Å². The van der Waals surface area contributed by atoms with E-state index in [0.29, 0.717) is 47.3 Å². The van der Waals surface area contributed by atoms with E-state index in [1.807, 2.05) is 37.3 Å². The summed E-state index contributed by atoms with van der Waals surface area (Å²) in [7, 11) is 1.46. The van der Waals surface area contributed by atoms with Crippen LogP contribution in [0.25, 0.3) is 0 Å². The molecular weight excluding hydrogens is 524 g/mol. The summed E-state index contributed by atoms with van der Waals surface area (Å²) in [6.45, 7) is 2.67. The van der Waals surface area contributed by atoms with Gasteiger partial charge < -0.3 is 23.7 Å². The lowest BCUT2D eigenvalue weighted by molar-refractivity contribution is -0.123. The average Bonchev–Trinajstić information content (AvgIpc) is 3.01. The molecular formula is C32H30N2O7. The third kappa shape index (κ3) is 8.86. The minimum absolute atomic E-state index is 0.217. The quantitative estimate of drug-likeness (QED) is 0.102. The summed E-state index contributed by atoms with van der Waals surface area (Å²) in [4.78, 5) is 24.7. The Balaban J connectivity index is 1.23. The molecule has 0 aliphatic rings. The van der Waals surface area contributed by atoms with Gasteiger partial charge in [-0.25, -0.2) is 10.2 Å². The predicted molar refractivity (Wildman–Crippen MR) is 154 cm³/mol. The van der Waals surface area contributed by atoms with Crippen molar-refractivity contribution in [3.63, 3.8) is 0 Å². The molecule has 0 bridgehead atoms. The standard InChI is InChI=1S/C32H30N2O7/c1-3-38-26-12-10-25(11-13-26)32(36)41-29-18-9-24(19-30(29)37-2)20-33-34-31(35)22-40-28-16-14-27(15-17-28)39-21-23-7-5-4-6-8-23/h4-20H,3,21-22H2,1-2H3,(H,34,35). The molecule has 1 amide bonds. The molecule has 4 aromatic carbocycles. The fourth-order valence-electron chi connectivity index (χ4n) is 3.59. The molecule has 0 radical (unpaired) electrons. The highest BCUT2D eigenvalue weighted by atomic mass is 16.6. The van der Waals surface area contributed by atoms with Gasteiger partial charge in [-0.15, -0.1) is 0 Å². The van der Waals surface area contributed by atoms with Gasteiger partial charge in [-0.05, 0) is 84.8 Å². The molecule has 9 nitrogen and oxygen atoms in total. The number of nitrogens with one attached hydrogen (secondary N) is 1. The minimum atomic E-state index is -0.533. The number of rotatable bonds is 13. The Morgan fingerprint density at radius 2 is 1.44 bits per heavy atom. The van der Waals surface area contributed by atoms with Crippen LogP contribution in [0.2, 0.25) is 0 Å². The van der Waals surface area contributed by atoms with E-state index in [2.05, 4.69) is 10.5 Å². The van der Waals surface area contributed by atoms with Crippen molar-refractivity contribution in [3.05, 3.63) is 114 Å². The van der Waals surface area contributed by atoms with Gasteiger partial charge in [-0.1, -0.05) is 30.3 Å². The molecule has 1 N–H and O–H groups in total. The van der Waals surface area contributed by atoms with Crippen molar-refractivity contribution < 1.29 is 33.3 Å². The Morgan fingerprint density at radius 3 is 2.12 bits per heavy atom. The summed E-state index contributed by atoms with van der Waals surface area (Å²) < 4.78 is 27.5. The number of hydrogen-bond donors (Lipinski definition) is 1. The molecule has 0 unspecified atom stereocenters. The van der Waals surface area contributed by atoms with Crippen molar-refractivity contribution in [2.75, 3.05) is 20.3 Å². The van der Waals surface area contributed by atoms with Crippen LogP contribution < -0.4 is 29.1 Å². The molecule has 0 spiro atoms. The molecule has 0 atom stereocenters. The van der Waals surface area contributed by atoms with Gasteiger partial charge in [0.15, 0.2) is 18.1 Å². The van der Waals surface area contributed by atoms with Crippen LogP contribution in [0.15, 0.2) is 102 Å². The monoisotopic (exact) mass is 554 g/mol. The Hall–Kier alpha value is -5.31. The van der Waals surface area contributed by atoms with Gasteiger partial charge in [-0.2, -0.15) is 5.10 Å². The first-order valence-electron chi connectivity index (χ1n) is 12.9. The summed E-state index contributed by atoms with van der Waals surface area (Å²) in [5.41, 5.74) is 4.48. The number of esters is 1. The molecule has 210 valence electrons. The van der Waals surface area contributed by atoms with E-state index in [-0.39, 0.29) is 12.4 Å². The van der Waals surface area contributed by atoms with Gasteiger partial charge in [0.25, 0.3) is 5.91 Å². The van der Waals surface area contributed by atoms with Gasteiger partial charge in [0.1, 0.15) is 23.9 Å². The second-order valence-corrected chi connectivity index (χ2v) is 8.58. The number of hydrogen-bond acceptors (Lipinski definition) is 8. The van der Waals surface area contributed by atoms with Crippen molar-refractivity contribution in [2.24, 2.45) is 5.10 Å². The predicted octanol–water partition coefficient (Wildman–Crippen LogP) is 5.42. The van der Waals surface area contributed by atoms with Crippen LogP contribution >= 0.6 is 0 Å². The zero-order chi connectivity index (χ0) is 28.9. The summed E-state index contributed by atoms with van der Waals surface area (Å²) >= 11 is 0. The number of nitrogens with zero attached hydrogens (tertiary/aromatic N) is 1. The van der Waals surface area contributed by atoms with Gasteiger partial charge in [0.05, 0.1) is 25.5 Å². The normalized spacial score (nSPS) is 10.6. The van der Waals surface area contributed by atoms with E-state index < -0.39 is 11.9 Å². The largest absolute Gasteiger partial charge is 0.494 e. The molecule has 4 rings (SSSR count). The number of benzene rings is 4. The molecule has 0 aliphatic carbocycles. The molecule has 0 aliphatic heterocycles. The number of carbonyl (C=O) groups excluding carboxylic acids is 2. The fourth-order valence-corrected chi connectivity index (χ4v) is 3.59. The SMILES string of the molecule is CCOc1ccc(C(=O)Oc2ccc(C=NNC(=O)COc3ccc(OCc4ccccc4)cc3)cc2OC)cc1. The molecule has 0 heterocycles. The van der Waals surface area contributed by atoms with Crippen molar-refractivity contribution in [1.29, 1.82) is 0 Å². The number of ether oxygens (including phenoxy) is 5. The molecule has 0 fully saturated rings. The van der Waals surface area contributed by atoms with Gasteiger partial charge in [0.2, 0.25) is 0 Å². The van der Waals surface area contributed by atoms with Crippen LogP contribution in [-0.4, -0.2) is 38.4 Å². The summed E-state index contributed by atoms with van der Waals surface area (Å²) in [6, 6.07) is 28.4. The first-order valence-corrected chi connectivity index (χ1v) is 12.9. The lowest BCUT2D eigenvalue weighted by atomic mass is 10.2. The summed E-state index contributed by atoms with van der Waals surface area (Å²) in [5, 5.41) is 3.96. The zero-order valence-corrected chi connectivity index (χ0v) is 22.7. The van der Waals surface area contributed by atoms with Crippen molar-refractivity contribution in [1.82, 2.24) is 5.43 Å². The first-order chi connectivity index (χ1) is 20.0. The highest BCUT2D eigenvalue weighted by Crippen LogP contribution is 2.28. The smallest absolute Gasteiger partial charge is 0.343 e. The van der Waals surface area contributed by atoms with Gasteiger partial charge in [-0.3, -0.25) is 4.79 Å². The maximum Gasteiger partial charge on any atom is 0.343 e. The number of carbonyl (C=O) groups is 2. The first kappa shape index (κ1) is 28.7. The Kier molecular flexibility index (Phi) is 10.3. The summed E-state index contributed by atoms with van der Waals surface area (Å²) in [5.74, 6) is 1.51. The lowest BCUT2D eigenvalue weighted by Gasteiger charge is -2.10. The number of hydrazone groups is 1. The Bertz CT molecular complexity index is 1450. The van der Waals surface area contributed by atoms with Crippen LogP contribution in [0.3, 0.4) is 0 Å². The van der Waals surface area contributed by atoms with Crippen LogP contribution in [0.4, 0.5) is 0 Å². The van der Waals surface area contributed by atoms with Crippen molar-refractivity contribution in [2.45, 2.75) is 13.5 Å². The van der Waals surface area contributed by atoms with Crippen LogP contribution in [0.5, 0.6) is 28.7 Å². The maximum absolute atomic E-state index is 12.5. The minimum Gasteiger partial charge on any atom is -0.494 e. The van der Waals surface area contributed by atoms with Crippen LogP contribution in [-0.2, 0) is 11.4 Å². The molecule has 0 saturated heterocycles. The Labute approximate surface area is 238 Å². The van der Waals surface area contributed by atoms with Crippen LogP contribution in [0, 0.1) is 0 Å². The van der Waals surface area contributed by atoms with Gasteiger partial charge >= 0.3 is 5.97 Å². The van der Waals surface area contributed by atoms with E-state index in [1.165, 1.54) is 13.3 Å². The lowest BCUT2D eigenvalue weighted by Crippen LogP contribution is -2.24. The fraction of sp³-hybridized carbons (Fsp3) is 0.156. The topological polar surface area (TPSA) is 105 Å². The zero-order valence-electron chi connectivity index (χ0n) is 22.7. The van der Waals surface area contributed by atoms with E-state index >= 15 is 0 Å². The molecule has 0 saturated carbocycles. The number of amides is 1. The average molecular weight is 555 g/mol. The van der Waals surface area contributed by atoms with E-state index in [0.717, 1.165) is 5.56 Å². The maximum atomic E-state index is 12.5. The summed E-state index contributed by atoms with van der Waals surface area (Å²) in [6.07, 6.45) is 1.44. The van der Waals surface area contributed by atoms with Crippen molar-refractivity contribution in [3.8, 4) is 28.7 Å². The highest BCUT2D eigenvalue weighted by molar-refractivity contribution is 5.92. The molecule has 4 aromatic rings. The molecule has 9 heteroatoms. The van der Waals surface area contributed by atoms with E-state index in [1.54, 1.807) is 66.7 Å². The number of methoxy groups -OCH3 is 1. The third-order valence-corrected chi connectivity index (χ3v) is 5.64. The molecule has 41 heavy (non-hydrogen) atoms. The second-order valence-electron chi connectivity index (χ2n) is 8.58. The second kappa shape index (κ2) is 14.7. The van der Waals surface area contributed by atoms with Crippen molar-refractivity contribution >= 4 is 18.1 Å². The van der Waals surface area contributed by atoms with Crippen LogP contribution in [0.1, 0.15) is 28.4 Å². The third-order valence-electron chi connectivity index (χ3n) is 5.64.